The van der Waals surface area contributed by atoms with Crippen LogP contribution in [0.5, 0.6) is 0 Å². The molecule has 3 aromatic carbocycles. The van der Waals surface area contributed by atoms with Gasteiger partial charge in [-0.05, 0) is 78.8 Å². The zero-order chi connectivity index (χ0) is 34.5. The Hall–Kier alpha value is -4.52. The first-order valence-electron chi connectivity index (χ1n) is 17.9. The van der Waals surface area contributed by atoms with Crippen molar-refractivity contribution in [3.05, 3.63) is 155 Å². The molecule has 1 heterocycles. The van der Waals surface area contributed by atoms with Crippen LogP contribution >= 0.6 is 0 Å². The number of rotatable bonds is 8. The van der Waals surface area contributed by atoms with Crippen molar-refractivity contribution in [3.63, 3.8) is 0 Å². The van der Waals surface area contributed by atoms with Crippen LogP contribution in [0.15, 0.2) is 132 Å². The van der Waals surface area contributed by atoms with Crippen molar-refractivity contribution in [2.24, 2.45) is 28.6 Å². The van der Waals surface area contributed by atoms with Crippen LogP contribution in [0.3, 0.4) is 0 Å². The summed E-state index contributed by atoms with van der Waals surface area (Å²) in [6, 6.07) is 32.3. The van der Waals surface area contributed by atoms with E-state index in [0.717, 1.165) is 53.5 Å². The van der Waals surface area contributed by atoms with Crippen molar-refractivity contribution < 1.29 is 28.6 Å². The molecule has 256 valence electrons. The van der Waals surface area contributed by atoms with Gasteiger partial charge < -0.3 is 19.0 Å². The number of esters is 1. The Morgan fingerprint density at radius 3 is 2.14 bits per heavy atom. The van der Waals surface area contributed by atoms with E-state index in [1.807, 2.05) is 60.7 Å². The lowest BCUT2D eigenvalue weighted by molar-refractivity contribution is -0.131. The zero-order valence-corrected chi connectivity index (χ0v) is 28.7. The van der Waals surface area contributed by atoms with E-state index in [1.54, 1.807) is 24.5 Å². The highest BCUT2D eigenvalue weighted by Crippen LogP contribution is 2.65. The SMILES string of the molecule is CC12C=CC(=O)C=C1CCC1C2C(O)CC2(C)C(OC(=O)c3cc(COC(c4ccccc4)(c4ccccc4)c4ccccc4)co3)CCC12. The van der Waals surface area contributed by atoms with Crippen LogP contribution in [0, 0.1) is 28.6 Å². The second-order valence-corrected chi connectivity index (χ2v) is 15.2. The molecule has 1 aromatic heterocycles. The van der Waals surface area contributed by atoms with Gasteiger partial charge in [0.1, 0.15) is 11.7 Å². The zero-order valence-electron chi connectivity index (χ0n) is 28.7. The van der Waals surface area contributed by atoms with Gasteiger partial charge >= 0.3 is 5.97 Å². The van der Waals surface area contributed by atoms with Gasteiger partial charge in [0.25, 0.3) is 0 Å². The molecule has 0 amide bonds. The number of allylic oxidation sites excluding steroid dienone is 4. The molecule has 4 aliphatic rings. The van der Waals surface area contributed by atoms with Crippen LogP contribution in [-0.4, -0.2) is 29.1 Å². The van der Waals surface area contributed by atoms with Crippen molar-refractivity contribution >= 4 is 11.8 Å². The lowest BCUT2D eigenvalue weighted by Crippen LogP contribution is -2.56. The maximum Gasteiger partial charge on any atom is 0.374 e. The third-order valence-electron chi connectivity index (χ3n) is 12.5. The van der Waals surface area contributed by atoms with Gasteiger partial charge in [0, 0.05) is 22.3 Å². The molecule has 0 saturated heterocycles. The third-order valence-corrected chi connectivity index (χ3v) is 12.5. The first-order chi connectivity index (χ1) is 24.2. The lowest BCUT2D eigenvalue weighted by atomic mass is 9.47. The fraction of sp³-hybridized carbons (Fsp3) is 0.364. The molecule has 4 aliphatic carbocycles. The average Bonchev–Trinajstić information content (AvgIpc) is 3.74. The van der Waals surface area contributed by atoms with E-state index in [2.05, 4.69) is 50.2 Å². The van der Waals surface area contributed by atoms with Crippen LogP contribution in [-0.2, 0) is 26.5 Å². The number of benzene rings is 3. The summed E-state index contributed by atoms with van der Waals surface area (Å²) in [5.41, 5.74) is 3.29. The smallest absolute Gasteiger partial charge is 0.374 e. The van der Waals surface area contributed by atoms with E-state index in [1.165, 1.54) is 0 Å². The Kier molecular flexibility index (Phi) is 8.28. The number of carbonyl (C=O) groups is 2. The number of hydrogen-bond donors (Lipinski definition) is 1. The summed E-state index contributed by atoms with van der Waals surface area (Å²) in [7, 11) is 0. The molecule has 3 saturated carbocycles. The molecule has 0 aliphatic heterocycles. The van der Waals surface area contributed by atoms with Crippen molar-refractivity contribution in [2.75, 3.05) is 0 Å². The summed E-state index contributed by atoms with van der Waals surface area (Å²) < 4.78 is 19.0. The fourth-order valence-corrected chi connectivity index (χ4v) is 10.2. The standard InChI is InChI=1S/C44H44O6/c1-42-23-22-34(45)25-33(42)18-19-35-36-20-21-39(43(36,2)26-37(46)40(35)42)50-41(47)38-24-29(27-48-38)28-49-44(30-12-6-3-7-13-30,31-14-8-4-9-15-31)32-16-10-5-11-17-32/h3-17,22-25,27,35-37,39-40,46H,18-21,26,28H2,1-2H3. The van der Waals surface area contributed by atoms with Crippen molar-refractivity contribution in [3.8, 4) is 0 Å². The fourth-order valence-electron chi connectivity index (χ4n) is 10.2. The minimum absolute atomic E-state index is 0.0365. The van der Waals surface area contributed by atoms with Crippen LogP contribution < -0.4 is 0 Å². The molecular formula is C44H44O6. The first kappa shape index (κ1) is 32.7. The maximum absolute atomic E-state index is 13.7. The van der Waals surface area contributed by atoms with E-state index in [4.69, 9.17) is 13.9 Å². The number of aliphatic hydroxyl groups is 1. The molecule has 0 bridgehead atoms. The molecule has 1 N–H and O–H groups in total. The molecule has 3 fully saturated rings. The Labute approximate surface area is 293 Å². The number of furan rings is 1. The highest BCUT2D eigenvalue weighted by atomic mass is 16.6. The van der Waals surface area contributed by atoms with Crippen molar-refractivity contribution in [2.45, 2.75) is 70.4 Å². The summed E-state index contributed by atoms with van der Waals surface area (Å²) in [5, 5.41) is 11.7. The van der Waals surface area contributed by atoms with Crippen LogP contribution in [0.4, 0.5) is 0 Å². The monoisotopic (exact) mass is 668 g/mol. The molecule has 4 aromatic rings. The largest absolute Gasteiger partial charge is 0.457 e. The van der Waals surface area contributed by atoms with E-state index in [0.29, 0.717) is 18.3 Å². The number of ketones is 1. The lowest BCUT2D eigenvalue weighted by Gasteiger charge is -2.58. The predicted octanol–water partition coefficient (Wildman–Crippen LogP) is 8.59. The van der Waals surface area contributed by atoms with E-state index >= 15 is 0 Å². The summed E-state index contributed by atoms with van der Waals surface area (Å²) >= 11 is 0. The second-order valence-electron chi connectivity index (χ2n) is 15.2. The van der Waals surface area contributed by atoms with Crippen molar-refractivity contribution in [1.82, 2.24) is 0 Å². The first-order valence-corrected chi connectivity index (χ1v) is 17.9. The van der Waals surface area contributed by atoms with Gasteiger partial charge in [-0.2, -0.15) is 0 Å². The molecule has 0 spiro atoms. The topological polar surface area (TPSA) is 86.0 Å². The van der Waals surface area contributed by atoms with Crippen molar-refractivity contribution in [1.29, 1.82) is 0 Å². The van der Waals surface area contributed by atoms with Gasteiger partial charge in [-0.3, -0.25) is 4.79 Å². The molecule has 6 nitrogen and oxygen atoms in total. The highest BCUT2D eigenvalue weighted by Gasteiger charge is 2.62. The minimum atomic E-state index is -0.898. The Morgan fingerprint density at radius 1 is 0.900 bits per heavy atom. The molecular weight excluding hydrogens is 624 g/mol. The number of hydrogen-bond acceptors (Lipinski definition) is 6. The molecule has 50 heavy (non-hydrogen) atoms. The van der Waals surface area contributed by atoms with Crippen LogP contribution in [0.1, 0.15) is 78.8 Å². The van der Waals surface area contributed by atoms with Gasteiger partial charge in [-0.1, -0.05) is 116 Å². The Morgan fingerprint density at radius 2 is 1.52 bits per heavy atom. The summed E-state index contributed by atoms with van der Waals surface area (Å²) in [6.07, 6.45) is 10.2. The molecule has 6 heteroatoms. The maximum atomic E-state index is 13.7. The highest BCUT2D eigenvalue weighted by molar-refractivity contribution is 6.01. The second kappa shape index (κ2) is 12.7. The Balaban J connectivity index is 1.01. The summed E-state index contributed by atoms with van der Waals surface area (Å²) in [4.78, 5) is 25.8. The quantitative estimate of drug-likeness (QED) is 0.150. The van der Waals surface area contributed by atoms with E-state index in [9.17, 15) is 14.7 Å². The summed E-state index contributed by atoms with van der Waals surface area (Å²) in [5.74, 6) is 0.345. The van der Waals surface area contributed by atoms with Gasteiger partial charge in [0.2, 0.25) is 5.76 Å². The molecule has 0 radical (unpaired) electrons. The van der Waals surface area contributed by atoms with Gasteiger partial charge in [-0.15, -0.1) is 0 Å². The predicted molar refractivity (Wildman–Crippen MR) is 190 cm³/mol. The molecule has 7 atom stereocenters. The summed E-state index contributed by atoms with van der Waals surface area (Å²) in [6.45, 7) is 4.57. The third kappa shape index (κ3) is 5.32. The average molecular weight is 669 g/mol. The number of ether oxygens (including phenoxy) is 2. The number of carbonyl (C=O) groups excluding carboxylic acids is 2. The van der Waals surface area contributed by atoms with Gasteiger partial charge in [0.05, 0.1) is 19.0 Å². The van der Waals surface area contributed by atoms with E-state index < -0.39 is 17.7 Å². The number of aliphatic hydroxyl groups excluding tert-OH is 1. The van der Waals surface area contributed by atoms with E-state index in [-0.39, 0.29) is 41.0 Å². The van der Waals surface area contributed by atoms with Crippen LogP contribution in [0.25, 0.3) is 0 Å². The Bertz CT molecular complexity index is 1830. The van der Waals surface area contributed by atoms with Gasteiger partial charge in [-0.25, -0.2) is 4.79 Å². The molecule has 7 unspecified atom stereocenters. The van der Waals surface area contributed by atoms with Gasteiger partial charge in [0.15, 0.2) is 5.78 Å². The molecule has 8 rings (SSSR count). The normalized spacial score (nSPS) is 30.2. The number of fused-ring (bicyclic) bond motifs is 5. The van der Waals surface area contributed by atoms with Crippen LogP contribution in [0.2, 0.25) is 0 Å². The minimum Gasteiger partial charge on any atom is -0.457 e.